The number of esters is 1. The van der Waals surface area contributed by atoms with Crippen LogP contribution >= 0.6 is 23.8 Å². The molecular weight excluding hydrogens is 541 g/mol. The fourth-order valence-corrected chi connectivity index (χ4v) is 6.39. The predicted molar refractivity (Wildman–Crippen MR) is 133 cm³/mol. The van der Waals surface area contributed by atoms with Crippen molar-refractivity contribution in [2.45, 2.75) is 86.5 Å². The number of ketones is 2. The summed E-state index contributed by atoms with van der Waals surface area (Å²) in [6.45, 7) is 0.431. The van der Waals surface area contributed by atoms with Crippen molar-refractivity contribution in [1.29, 1.82) is 0 Å². The maximum atomic E-state index is 12.1. The Bertz CT molecular complexity index is 823. The number of hydrogen-bond donors (Lipinski definition) is 4. The van der Waals surface area contributed by atoms with E-state index in [0.29, 0.717) is 55.9 Å². The Balaban J connectivity index is 0.00000481. The molecule has 0 bridgehead atoms. The Morgan fingerprint density at radius 2 is 1.81 bits per heavy atom. The van der Waals surface area contributed by atoms with E-state index in [4.69, 9.17) is 14.8 Å². The number of hydroxylamine groups is 1. The van der Waals surface area contributed by atoms with Crippen molar-refractivity contribution >= 4 is 82.9 Å². The second-order valence-electron chi connectivity index (χ2n) is 8.72. The maximum absolute atomic E-state index is 12.1. The van der Waals surface area contributed by atoms with E-state index in [1.165, 1.54) is 0 Å². The van der Waals surface area contributed by atoms with Gasteiger partial charge >= 0.3 is 18.0 Å². The van der Waals surface area contributed by atoms with E-state index in [9.17, 15) is 24.0 Å². The Morgan fingerprint density at radius 1 is 1.05 bits per heavy atom. The van der Waals surface area contributed by atoms with E-state index < -0.39 is 28.9 Å². The van der Waals surface area contributed by atoms with Gasteiger partial charge < -0.3 is 20.2 Å². The van der Waals surface area contributed by atoms with E-state index in [0.717, 1.165) is 18.6 Å². The molecule has 13 nitrogen and oxygen atoms in total. The summed E-state index contributed by atoms with van der Waals surface area (Å²) in [5.74, 6) is -1.19. The summed E-state index contributed by atoms with van der Waals surface area (Å²) < 4.78 is 9.17. The first kappa shape index (κ1) is 32.3. The van der Waals surface area contributed by atoms with Gasteiger partial charge in [0.2, 0.25) is 6.10 Å². The third-order valence-corrected chi connectivity index (χ3v) is 8.37. The first-order valence-electron chi connectivity index (χ1n) is 11.9. The van der Waals surface area contributed by atoms with Crippen molar-refractivity contribution in [3.8, 4) is 0 Å². The molecule has 37 heavy (non-hydrogen) atoms. The van der Waals surface area contributed by atoms with Gasteiger partial charge in [-0.15, -0.1) is 4.33 Å². The molecule has 2 aliphatic heterocycles. The molecule has 0 spiro atoms. The van der Waals surface area contributed by atoms with Gasteiger partial charge in [-0.1, -0.05) is 17.9 Å². The van der Waals surface area contributed by atoms with Crippen LogP contribution in [0.15, 0.2) is 0 Å². The van der Waals surface area contributed by atoms with Gasteiger partial charge in [-0.2, -0.15) is 17.2 Å². The molecule has 2 heterocycles. The van der Waals surface area contributed by atoms with Crippen LogP contribution in [0.25, 0.3) is 0 Å². The Hall–Kier alpha value is -0.910. The number of amides is 2. The van der Waals surface area contributed by atoms with Gasteiger partial charge in [0.15, 0.2) is 11.6 Å². The van der Waals surface area contributed by atoms with Crippen LogP contribution in [0.4, 0.5) is 4.79 Å². The second-order valence-corrected chi connectivity index (χ2v) is 10.9. The normalized spacial score (nSPS) is 26.3. The predicted octanol–water partition coefficient (Wildman–Crippen LogP) is 0.831. The van der Waals surface area contributed by atoms with Crippen molar-refractivity contribution < 1.29 is 48.2 Å². The second kappa shape index (κ2) is 16.9. The number of unbranched alkanes of at least 4 members (excludes halogenated alkanes) is 3. The van der Waals surface area contributed by atoms with Crippen LogP contribution in [0.5, 0.6) is 0 Å². The summed E-state index contributed by atoms with van der Waals surface area (Å²) in [7, 11) is 0. The van der Waals surface area contributed by atoms with Crippen molar-refractivity contribution in [2.24, 2.45) is 0 Å². The van der Waals surface area contributed by atoms with Gasteiger partial charge in [-0.25, -0.2) is 10.1 Å². The van der Waals surface area contributed by atoms with Crippen molar-refractivity contribution in [2.75, 3.05) is 12.3 Å². The topological polar surface area (TPSA) is 179 Å². The Labute approximate surface area is 244 Å². The largest absolute Gasteiger partial charge is 0.446 e. The van der Waals surface area contributed by atoms with Crippen LogP contribution in [0, 0.1) is 0 Å². The van der Waals surface area contributed by atoms with Crippen LogP contribution in [0.1, 0.15) is 57.8 Å². The number of urea groups is 1. The van der Waals surface area contributed by atoms with Crippen LogP contribution in [-0.4, -0.2) is 105 Å². The molecule has 5 atom stereocenters. The molecule has 0 aromatic heterocycles. The van der Waals surface area contributed by atoms with E-state index in [1.807, 2.05) is 11.8 Å². The molecule has 3 fully saturated rings. The summed E-state index contributed by atoms with van der Waals surface area (Å²) in [6.07, 6.45) is 3.06. The average molecular weight is 573 g/mol. The zero-order valence-electron chi connectivity index (χ0n) is 20.6. The SMILES string of the molecule is O=C1NC2CSC(CCCCC(=O)ONCCCCCC(=O)OC3C(=O)CC(SOOO)C3=O)C2N1.[Na]. The number of carbonyl (C=O) groups excluding carboxylic acids is 5. The number of thioether (sulfide) groups is 1. The molecule has 2 amide bonds. The quantitative estimate of drug-likeness (QED) is 0.0299. The monoisotopic (exact) mass is 572 g/mol. The Morgan fingerprint density at radius 3 is 2.59 bits per heavy atom. The zero-order chi connectivity index (χ0) is 25.9. The van der Waals surface area contributed by atoms with Crippen molar-refractivity contribution in [1.82, 2.24) is 16.1 Å². The molecular formula is C21H31N3NaO10S2. The molecule has 3 rings (SSSR count). The number of carbonyl (C=O) groups is 5. The van der Waals surface area contributed by atoms with Crippen LogP contribution in [0.3, 0.4) is 0 Å². The summed E-state index contributed by atoms with van der Waals surface area (Å²) in [5, 5.41) is 16.9. The van der Waals surface area contributed by atoms with Crippen LogP contribution in [0.2, 0.25) is 0 Å². The number of fused-ring (bicyclic) bond motifs is 1. The fraction of sp³-hybridized carbons (Fsp3) is 0.762. The van der Waals surface area contributed by atoms with Gasteiger partial charge in [0.25, 0.3) is 0 Å². The molecule has 4 N–H and O–H groups in total. The van der Waals surface area contributed by atoms with Gasteiger partial charge in [-0.3, -0.25) is 19.2 Å². The van der Waals surface area contributed by atoms with Gasteiger partial charge in [0, 0.05) is 78.4 Å². The van der Waals surface area contributed by atoms with Crippen molar-refractivity contribution in [3.63, 3.8) is 0 Å². The standard InChI is InChI=1S/C21H31N3O10S2.Na/c25-13-10-15(36-34-33-30)19(28)20(13)31-16(26)7-2-1-5-9-22-32-17(27)8-4-3-6-14-18-12(11-35-14)23-21(29)24-18;/h12,14-15,18,20,22,30H,1-11H2,(H2,23,24,29);. The molecule has 2 saturated heterocycles. The Kier molecular flexibility index (Phi) is 14.8. The van der Waals surface area contributed by atoms with E-state index >= 15 is 0 Å². The molecule has 0 aromatic carbocycles. The maximum Gasteiger partial charge on any atom is 0.324 e. The molecule has 1 saturated carbocycles. The van der Waals surface area contributed by atoms with Crippen LogP contribution < -0.4 is 16.1 Å². The minimum atomic E-state index is -1.45. The fourth-order valence-electron chi connectivity index (χ4n) is 4.26. The minimum absolute atomic E-state index is 0. The average Bonchev–Trinajstić information content (AvgIpc) is 3.48. The van der Waals surface area contributed by atoms with E-state index in [2.05, 4.69) is 25.5 Å². The van der Waals surface area contributed by atoms with Gasteiger partial charge in [0.1, 0.15) is 5.25 Å². The molecule has 1 radical (unpaired) electrons. The summed E-state index contributed by atoms with van der Waals surface area (Å²) in [5.41, 5.74) is 2.63. The summed E-state index contributed by atoms with van der Waals surface area (Å²) in [6, 6.07) is 0.275. The third kappa shape index (κ3) is 10.3. The summed E-state index contributed by atoms with van der Waals surface area (Å²) >= 11 is 2.33. The molecule has 1 aliphatic carbocycles. The summed E-state index contributed by atoms with van der Waals surface area (Å²) in [4.78, 5) is 64.1. The minimum Gasteiger partial charge on any atom is -0.446 e. The zero-order valence-corrected chi connectivity index (χ0v) is 24.2. The molecule has 5 unspecified atom stereocenters. The van der Waals surface area contributed by atoms with Gasteiger partial charge in [-0.05, 0) is 25.7 Å². The first-order chi connectivity index (χ1) is 17.4. The third-order valence-electron chi connectivity index (χ3n) is 6.09. The van der Waals surface area contributed by atoms with Crippen LogP contribution in [-0.2, 0) is 38.1 Å². The van der Waals surface area contributed by atoms with Gasteiger partial charge in [0.05, 0.1) is 12.1 Å². The number of nitrogens with one attached hydrogen (secondary N) is 3. The number of Topliss-reactive ketones (excluding diaryl/α,β-unsaturated/α-hetero) is 2. The smallest absolute Gasteiger partial charge is 0.324 e. The van der Waals surface area contributed by atoms with E-state index in [-0.39, 0.29) is 66.5 Å². The van der Waals surface area contributed by atoms with E-state index in [1.54, 1.807) is 0 Å². The number of ether oxygens (including phenoxy) is 1. The first-order valence-corrected chi connectivity index (χ1v) is 13.7. The van der Waals surface area contributed by atoms with Crippen molar-refractivity contribution in [3.05, 3.63) is 0 Å². The molecule has 16 heteroatoms. The number of rotatable bonds is 16. The number of hydrogen-bond acceptors (Lipinski definition) is 13. The molecule has 0 aromatic rings. The molecule has 3 aliphatic rings. The molecule has 203 valence electrons.